The summed E-state index contributed by atoms with van der Waals surface area (Å²) in [5.41, 5.74) is 6.91. The molecule has 1 aromatic rings. The molecule has 0 spiro atoms. The van der Waals surface area contributed by atoms with E-state index in [9.17, 15) is 4.79 Å². The molecule has 0 aromatic heterocycles. The summed E-state index contributed by atoms with van der Waals surface area (Å²) in [6.45, 7) is 2.00. The zero-order chi connectivity index (χ0) is 14.8. The van der Waals surface area contributed by atoms with Crippen LogP contribution in [0.2, 0.25) is 0 Å². The Kier molecular flexibility index (Phi) is 3.97. The summed E-state index contributed by atoms with van der Waals surface area (Å²) in [6, 6.07) is 7.73. The summed E-state index contributed by atoms with van der Waals surface area (Å²) in [6.07, 6.45) is 3.11. The van der Waals surface area contributed by atoms with E-state index in [1.165, 1.54) is 0 Å². The van der Waals surface area contributed by atoms with Gasteiger partial charge in [-0.1, -0.05) is 35.7 Å². The Morgan fingerprint density at radius 2 is 1.85 bits per heavy atom. The SMILES string of the molecule is Cc1ccc(N(C)C(=O)C2(C(N)=NO)CCCC2)cc1. The maximum Gasteiger partial charge on any atom is 0.240 e. The first kappa shape index (κ1) is 14.4. The van der Waals surface area contributed by atoms with Crippen LogP contribution in [0.4, 0.5) is 5.69 Å². The van der Waals surface area contributed by atoms with Crippen LogP contribution in [0.15, 0.2) is 29.4 Å². The molecule has 20 heavy (non-hydrogen) atoms. The highest BCUT2D eigenvalue weighted by molar-refractivity contribution is 6.12. The van der Waals surface area contributed by atoms with Gasteiger partial charge in [-0.2, -0.15) is 0 Å². The molecule has 1 aliphatic rings. The highest BCUT2D eigenvalue weighted by atomic mass is 16.4. The monoisotopic (exact) mass is 275 g/mol. The van der Waals surface area contributed by atoms with E-state index in [0.29, 0.717) is 12.8 Å². The van der Waals surface area contributed by atoms with Crippen molar-refractivity contribution in [2.75, 3.05) is 11.9 Å². The van der Waals surface area contributed by atoms with Gasteiger partial charge in [-0.25, -0.2) is 0 Å². The van der Waals surface area contributed by atoms with E-state index in [0.717, 1.165) is 24.1 Å². The first-order valence-electron chi connectivity index (χ1n) is 6.84. The van der Waals surface area contributed by atoms with Gasteiger partial charge in [0.1, 0.15) is 5.41 Å². The Bertz CT molecular complexity index is 516. The second-order valence-electron chi connectivity index (χ2n) is 5.47. The molecule has 2 rings (SSSR count). The van der Waals surface area contributed by atoms with Crippen LogP contribution < -0.4 is 10.6 Å². The minimum atomic E-state index is -0.853. The number of nitrogens with two attached hydrogens (primary N) is 1. The molecule has 1 amide bonds. The van der Waals surface area contributed by atoms with E-state index < -0.39 is 5.41 Å². The summed E-state index contributed by atoms with van der Waals surface area (Å²) in [5, 5.41) is 12.1. The van der Waals surface area contributed by atoms with E-state index in [1.54, 1.807) is 11.9 Å². The molecule has 0 heterocycles. The number of hydrogen-bond acceptors (Lipinski definition) is 3. The van der Waals surface area contributed by atoms with Gasteiger partial charge >= 0.3 is 0 Å². The van der Waals surface area contributed by atoms with E-state index >= 15 is 0 Å². The summed E-state index contributed by atoms with van der Waals surface area (Å²) in [7, 11) is 1.73. The zero-order valence-electron chi connectivity index (χ0n) is 12.0. The van der Waals surface area contributed by atoms with Crippen molar-refractivity contribution >= 4 is 17.4 Å². The molecule has 0 unspecified atom stereocenters. The van der Waals surface area contributed by atoms with Gasteiger partial charge in [0, 0.05) is 12.7 Å². The topological polar surface area (TPSA) is 78.9 Å². The Morgan fingerprint density at radius 1 is 1.30 bits per heavy atom. The largest absolute Gasteiger partial charge is 0.409 e. The van der Waals surface area contributed by atoms with Crippen molar-refractivity contribution < 1.29 is 10.0 Å². The van der Waals surface area contributed by atoms with Crippen molar-refractivity contribution in [3.8, 4) is 0 Å². The molecule has 1 aromatic carbocycles. The second-order valence-corrected chi connectivity index (χ2v) is 5.47. The van der Waals surface area contributed by atoms with E-state index in [2.05, 4.69) is 5.16 Å². The molecule has 0 bridgehead atoms. The zero-order valence-corrected chi connectivity index (χ0v) is 12.0. The molecule has 108 valence electrons. The lowest BCUT2D eigenvalue weighted by atomic mass is 9.83. The third kappa shape index (κ3) is 2.35. The number of hydrogen-bond donors (Lipinski definition) is 2. The van der Waals surface area contributed by atoms with Crippen molar-refractivity contribution in [3.05, 3.63) is 29.8 Å². The molecule has 1 fully saturated rings. The third-order valence-electron chi connectivity index (χ3n) is 4.19. The minimum absolute atomic E-state index is 0.0268. The van der Waals surface area contributed by atoms with Gasteiger partial charge < -0.3 is 15.8 Å². The average molecular weight is 275 g/mol. The minimum Gasteiger partial charge on any atom is -0.409 e. The standard InChI is InChI=1S/C15H21N3O2/c1-11-5-7-12(8-6-11)18(2)14(19)15(13(16)17-20)9-3-4-10-15/h5-8,20H,3-4,9-10H2,1-2H3,(H2,16,17). The van der Waals surface area contributed by atoms with Crippen LogP contribution in [0.1, 0.15) is 31.2 Å². The number of carbonyl (C=O) groups is 1. The number of oxime groups is 1. The first-order chi connectivity index (χ1) is 9.51. The number of amides is 1. The Labute approximate surface area is 119 Å². The van der Waals surface area contributed by atoms with Crippen molar-refractivity contribution in [2.45, 2.75) is 32.6 Å². The smallest absolute Gasteiger partial charge is 0.240 e. The van der Waals surface area contributed by atoms with Crippen LogP contribution in [0.5, 0.6) is 0 Å². The Morgan fingerprint density at radius 3 is 2.35 bits per heavy atom. The molecule has 0 atom stereocenters. The maximum atomic E-state index is 12.8. The van der Waals surface area contributed by atoms with E-state index in [1.807, 2.05) is 31.2 Å². The van der Waals surface area contributed by atoms with Gasteiger partial charge in [0.2, 0.25) is 5.91 Å². The lowest BCUT2D eigenvalue weighted by molar-refractivity contribution is -0.124. The predicted octanol–water partition coefficient (Wildman–Crippen LogP) is 2.26. The lowest BCUT2D eigenvalue weighted by Crippen LogP contribution is -2.49. The number of aryl methyl sites for hydroxylation is 1. The highest BCUT2D eigenvalue weighted by Gasteiger charge is 2.47. The molecule has 0 saturated heterocycles. The average Bonchev–Trinajstić information content (AvgIpc) is 2.96. The number of amidine groups is 1. The Balaban J connectivity index is 2.30. The summed E-state index contributed by atoms with van der Waals surface area (Å²) < 4.78 is 0. The fraction of sp³-hybridized carbons (Fsp3) is 0.467. The van der Waals surface area contributed by atoms with Crippen molar-refractivity contribution in [2.24, 2.45) is 16.3 Å². The van der Waals surface area contributed by atoms with Gasteiger partial charge in [-0.15, -0.1) is 0 Å². The van der Waals surface area contributed by atoms with Crippen LogP contribution in [0.25, 0.3) is 0 Å². The molecule has 0 radical (unpaired) electrons. The maximum absolute atomic E-state index is 12.8. The summed E-state index contributed by atoms with van der Waals surface area (Å²) in [5.74, 6) is -0.0758. The van der Waals surface area contributed by atoms with Gasteiger partial charge in [-0.3, -0.25) is 4.79 Å². The molecular weight excluding hydrogens is 254 g/mol. The number of rotatable bonds is 3. The van der Waals surface area contributed by atoms with E-state index in [4.69, 9.17) is 10.9 Å². The summed E-state index contributed by atoms with van der Waals surface area (Å²) in [4.78, 5) is 14.4. The number of anilines is 1. The highest BCUT2D eigenvalue weighted by Crippen LogP contribution is 2.40. The Hall–Kier alpha value is -2.04. The van der Waals surface area contributed by atoms with Gasteiger partial charge in [0.15, 0.2) is 5.84 Å². The molecular formula is C15H21N3O2. The van der Waals surface area contributed by atoms with Crippen molar-refractivity contribution in [3.63, 3.8) is 0 Å². The van der Waals surface area contributed by atoms with Gasteiger partial charge in [0.05, 0.1) is 0 Å². The fourth-order valence-electron chi connectivity index (χ4n) is 2.86. The molecule has 0 aliphatic heterocycles. The third-order valence-corrected chi connectivity index (χ3v) is 4.19. The molecule has 5 nitrogen and oxygen atoms in total. The van der Waals surface area contributed by atoms with Crippen LogP contribution in [0, 0.1) is 12.3 Å². The molecule has 1 saturated carbocycles. The van der Waals surface area contributed by atoms with Crippen LogP contribution in [-0.4, -0.2) is 24.0 Å². The van der Waals surface area contributed by atoms with Crippen LogP contribution in [0.3, 0.4) is 0 Å². The van der Waals surface area contributed by atoms with Crippen LogP contribution in [-0.2, 0) is 4.79 Å². The lowest BCUT2D eigenvalue weighted by Gasteiger charge is -2.31. The summed E-state index contributed by atoms with van der Waals surface area (Å²) >= 11 is 0. The molecule has 5 heteroatoms. The normalized spacial score (nSPS) is 18.0. The van der Waals surface area contributed by atoms with Crippen molar-refractivity contribution in [1.29, 1.82) is 0 Å². The van der Waals surface area contributed by atoms with Crippen molar-refractivity contribution in [1.82, 2.24) is 0 Å². The van der Waals surface area contributed by atoms with Gasteiger partial charge in [-0.05, 0) is 31.9 Å². The number of carbonyl (C=O) groups excluding carboxylic acids is 1. The molecule has 3 N–H and O–H groups in total. The number of benzene rings is 1. The van der Waals surface area contributed by atoms with Crippen LogP contribution >= 0.6 is 0 Å². The first-order valence-corrected chi connectivity index (χ1v) is 6.84. The van der Waals surface area contributed by atoms with Gasteiger partial charge in [0.25, 0.3) is 0 Å². The predicted molar refractivity (Wildman–Crippen MR) is 78.9 cm³/mol. The fourth-order valence-corrected chi connectivity index (χ4v) is 2.86. The van der Waals surface area contributed by atoms with E-state index in [-0.39, 0.29) is 11.7 Å². The number of nitrogens with zero attached hydrogens (tertiary/aromatic N) is 2. The second kappa shape index (κ2) is 5.53. The molecule has 1 aliphatic carbocycles. The quantitative estimate of drug-likeness (QED) is 0.384.